The lowest BCUT2D eigenvalue weighted by atomic mass is 9.64. The van der Waals surface area contributed by atoms with Crippen molar-refractivity contribution in [2.24, 2.45) is 22.7 Å². The molecule has 0 saturated carbocycles. The summed E-state index contributed by atoms with van der Waals surface area (Å²) in [5.74, 6) is 2.20. The first-order chi connectivity index (χ1) is 6.10. The van der Waals surface area contributed by atoms with Gasteiger partial charge in [0.1, 0.15) is 0 Å². The van der Waals surface area contributed by atoms with Crippen LogP contribution in [0.25, 0.3) is 0 Å². The summed E-state index contributed by atoms with van der Waals surface area (Å²) in [6, 6.07) is 0. The van der Waals surface area contributed by atoms with Crippen molar-refractivity contribution < 1.29 is 0 Å². The highest BCUT2D eigenvalue weighted by Gasteiger charge is 2.35. The summed E-state index contributed by atoms with van der Waals surface area (Å²) in [4.78, 5) is 0. The first-order valence-corrected chi connectivity index (χ1v) is 6.20. The fourth-order valence-corrected chi connectivity index (χ4v) is 2.39. The molecule has 0 aliphatic carbocycles. The normalized spacial score (nSPS) is 18.0. The fraction of sp³-hybridized carbons (Fsp3) is 1.00. The van der Waals surface area contributed by atoms with Gasteiger partial charge in [-0.15, -0.1) is 11.6 Å². The van der Waals surface area contributed by atoms with Crippen LogP contribution >= 0.6 is 11.6 Å². The zero-order valence-electron chi connectivity index (χ0n) is 10.9. The van der Waals surface area contributed by atoms with E-state index in [1.54, 1.807) is 0 Å². The molecule has 0 aromatic carbocycles. The molecule has 0 fully saturated rings. The van der Waals surface area contributed by atoms with Crippen LogP contribution < -0.4 is 0 Å². The summed E-state index contributed by atoms with van der Waals surface area (Å²) in [5.41, 5.74) is 0.742. The number of halogens is 1. The standard InChI is InChI=1S/C13H27Cl/c1-10(12(2,3)4)11(8-9-14)13(5,6)7/h10-11H,8-9H2,1-7H3. The lowest BCUT2D eigenvalue weighted by molar-refractivity contribution is 0.0821. The van der Waals surface area contributed by atoms with Crippen LogP contribution in [0.15, 0.2) is 0 Å². The SMILES string of the molecule is CC(C(CCCl)C(C)(C)C)C(C)(C)C. The average Bonchev–Trinajstić information content (AvgIpc) is 1.94. The zero-order valence-corrected chi connectivity index (χ0v) is 11.7. The molecule has 0 aliphatic heterocycles. The predicted molar refractivity (Wildman–Crippen MR) is 66.9 cm³/mol. The Morgan fingerprint density at radius 3 is 1.57 bits per heavy atom. The van der Waals surface area contributed by atoms with E-state index < -0.39 is 0 Å². The minimum atomic E-state index is 0.363. The van der Waals surface area contributed by atoms with E-state index in [0.29, 0.717) is 22.7 Å². The Labute approximate surface area is 95.4 Å². The van der Waals surface area contributed by atoms with E-state index in [4.69, 9.17) is 11.6 Å². The number of hydrogen-bond donors (Lipinski definition) is 0. The van der Waals surface area contributed by atoms with Crippen LogP contribution in [0.4, 0.5) is 0 Å². The van der Waals surface area contributed by atoms with Crippen molar-refractivity contribution in [1.29, 1.82) is 0 Å². The molecule has 0 amide bonds. The lowest BCUT2D eigenvalue weighted by Gasteiger charge is -2.41. The van der Waals surface area contributed by atoms with E-state index in [9.17, 15) is 0 Å². The molecule has 0 bridgehead atoms. The van der Waals surface area contributed by atoms with Gasteiger partial charge in [-0.25, -0.2) is 0 Å². The summed E-state index contributed by atoms with van der Waals surface area (Å²) < 4.78 is 0. The van der Waals surface area contributed by atoms with Crippen LogP contribution in [0.3, 0.4) is 0 Å². The highest BCUT2D eigenvalue weighted by Crippen LogP contribution is 2.42. The largest absolute Gasteiger partial charge is 0.127 e. The minimum absolute atomic E-state index is 0.363. The summed E-state index contributed by atoms with van der Waals surface area (Å²) in [6.45, 7) is 16.3. The van der Waals surface area contributed by atoms with Gasteiger partial charge in [-0.05, 0) is 29.1 Å². The van der Waals surface area contributed by atoms with Gasteiger partial charge in [0.15, 0.2) is 0 Å². The molecular weight excluding hydrogens is 192 g/mol. The van der Waals surface area contributed by atoms with Gasteiger partial charge in [-0.3, -0.25) is 0 Å². The van der Waals surface area contributed by atoms with Gasteiger partial charge in [0.2, 0.25) is 0 Å². The molecular formula is C13H27Cl. The molecule has 0 aromatic heterocycles. The molecule has 14 heavy (non-hydrogen) atoms. The highest BCUT2D eigenvalue weighted by molar-refractivity contribution is 6.17. The van der Waals surface area contributed by atoms with Crippen molar-refractivity contribution >= 4 is 11.6 Å². The van der Waals surface area contributed by atoms with Crippen LogP contribution in [0.2, 0.25) is 0 Å². The summed E-state index contributed by atoms with van der Waals surface area (Å²) in [7, 11) is 0. The van der Waals surface area contributed by atoms with Crippen LogP contribution in [-0.2, 0) is 0 Å². The molecule has 2 atom stereocenters. The third-order valence-corrected chi connectivity index (χ3v) is 3.72. The van der Waals surface area contributed by atoms with Gasteiger partial charge < -0.3 is 0 Å². The van der Waals surface area contributed by atoms with Crippen molar-refractivity contribution in [3.8, 4) is 0 Å². The van der Waals surface area contributed by atoms with E-state index in [-0.39, 0.29) is 0 Å². The smallest absolute Gasteiger partial charge is 0.0226 e. The van der Waals surface area contributed by atoms with E-state index in [0.717, 1.165) is 12.3 Å². The predicted octanol–water partition coefficient (Wildman–Crippen LogP) is 4.96. The van der Waals surface area contributed by atoms with Gasteiger partial charge in [-0.1, -0.05) is 48.5 Å². The van der Waals surface area contributed by atoms with Crippen molar-refractivity contribution in [2.75, 3.05) is 5.88 Å². The summed E-state index contributed by atoms with van der Waals surface area (Å²) in [6.07, 6.45) is 1.13. The van der Waals surface area contributed by atoms with E-state index in [1.807, 2.05) is 0 Å². The van der Waals surface area contributed by atoms with Crippen molar-refractivity contribution in [2.45, 2.75) is 54.9 Å². The van der Waals surface area contributed by atoms with Gasteiger partial charge >= 0.3 is 0 Å². The van der Waals surface area contributed by atoms with Crippen LogP contribution in [0.5, 0.6) is 0 Å². The van der Waals surface area contributed by atoms with Crippen molar-refractivity contribution in [3.63, 3.8) is 0 Å². The molecule has 0 nitrogen and oxygen atoms in total. The highest BCUT2D eigenvalue weighted by atomic mass is 35.5. The number of alkyl halides is 1. The first kappa shape index (κ1) is 14.3. The fourth-order valence-electron chi connectivity index (χ4n) is 2.15. The molecule has 0 aliphatic rings. The number of hydrogen-bond acceptors (Lipinski definition) is 0. The molecule has 2 unspecified atom stereocenters. The summed E-state index contributed by atoms with van der Waals surface area (Å²) in [5, 5.41) is 0. The molecule has 0 spiro atoms. The Kier molecular flexibility index (Phi) is 4.98. The molecule has 0 saturated heterocycles. The van der Waals surface area contributed by atoms with Gasteiger partial charge in [0.25, 0.3) is 0 Å². The quantitative estimate of drug-likeness (QED) is 0.588. The molecule has 0 rings (SSSR count). The second kappa shape index (κ2) is 4.88. The Balaban J connectivity index is 4.67. The second-order valence-electron chi connectivity index (χ2n) is 6.60. The van der Waals surface area contributed by atoms with Gasteiger partial charge in [-0.2, -0.15) is 0 Å². The zero-order chi connectivity index (χ0) is 11.6. The van der Waals surface area contributed by atoms with Gasteiger partial charge in [0.05, 0.1) is 0 Å². The van der Waals surface area contributed by atoms with Gasteiger partial charge in [0, 0.05) is 5.88 Å². The second-order valence-corrected chi connectivity index (χ2v) is 6.98. The molecule has 0 heterocycles. The Bertz CT molecular complexity index is 159. The molecule has 0 N–H and O–H groups in total. The first-order valence-electron chi connectivity index (χ1n) is 5.66. The lowest BCUT2D eigenvalue weighted by Crippen LogP contribution is -2.34. The molecule has 1 heteroatoms. The Morgan fingerprint density at radius 1 is 0.929 bits per heavy atom. The maximum absolute atomic E-state index is 5.90. The number of rotatable bonds is 3. The molecule has 86 valence electrons. The Hall–Kier alpha value is 0.290. The van der Waals surface area contributed by atoms with Crippen molar-refractivity contribution in [1.82, 2.24) is 0 Å². The molecule has 0 aromatic rings. The van der Waals surface area contributed by atoms with E-state index in [2.05, 4.69) is 48.5 Å². The average molecular weight is 219 g/mol. The molecule has 0 radical (unpaired) electrons. The maximum atomic E-state index is 5.90. The minimum Gasteiger partial charge on any atom is -0.127 e. The monoisotopic (exact) mass is 218 g/mol. The van der Waals surface area contributed by atoms with E-state index in [1.165, 1.54) is 0 Å². The topological polar surface area (TPSA) is 0 Å². The van der Waals surface area contributed by atoms with E-state index >= 15 is 0 Å². The van der Waals surface area contributed by atoms with Crippen LogP contribution in [0, 0.1) is 22.7 Å². The third kappa shape index (κ3) is 4.21. The third-order valence-electron chi connectivity index (χ3n) is 3.50. The summed E-state index contributed by atoms with van der Waals surface area (Å²) >= 11 is 5.90. The van der Waals surface area contributed by atoms with Crippen LogP contribution in [0.1, 0.15) is 54.9 Å². The Morgan fingerprint density at radius 2 is 1.36 bits per heavy atom. The van der Waals surface area contributed by atoms with Crippen LogP contribution in [-0.4, -0.2) is 5.88 Å². The maximum Gasteiger partial charge on any atom is 0.0226 e. The van der Waals surface area contributed by atoms with Crippen molar-refractivity contribution in [3.05, 3.63) is 0 Å².